The first-order chi connectivity index (χ1) is 7.19. The van der Waals surface area contributed by atoms with Gasteiger partial charge in [0, 0.05) is 11.1 Å². The molecule has 80 valence electrons. The fourth-order valence-electron chi connectivity index (χ4n) is 1.46. The standard InChI is InChI=1S/C12H15ClN2/c1-3-10(8-14)15-9(2)11-6-4-5-7-12(11)13/h4-7,9-10,15H,3H2,1-2H3/t9-,10?/m1/s1. The van der Waals surface area contributed by atoms with Crippen molar-refractivity contribution in [3.8, 4) is 6.07 Å². The molecule has 0 aliphatic carbocycles. The zero-order chi connectivity index (χ0) is 11.3. The number of nitriles is 1. The summed E-state index contributed by atoms with van der Waals surface area (Å²) in [7, 11) is 0. The SMILES string of the molecule is CCC(C#N)N[C@H](C)c1ccccc1Cl. The van der Waals surface area contributed by atoms with Crippen molar-refractivity contribution in [3.05, 3.63) is 34.9 Å². The number of benzene rings is 1. The molecular formula is C12H15ClN2. The van der Waals surface area contributed by atoms with Crippen LogP contribution in [-0.2, 0) is 0 Å². The summed E-state index contributed by atoms with van der Waals surface area (Å²) in [5, 5.41) is 12.8. The monoisotopic (exact) mass is 222 g/mol. The van der Waals surface area contributed by atoms with Crippen molar-refractivity contribution in [2.75, 3.05) is 0 Å². The van der Waals surface area contributed by atoms with E-state index in [0.29, 0.717) is 0 Å². The van der Waals surface area contributed by atoms with E-state index < -0.39 is 0 Å². The number of nitrogens with zero attached hydrogens (tertiary/aromatic N) is 1. The Morgan fingerprint density at radius 1 is 1.47 bits per heavy atom. The summed E-state index contributed by atoms with van der Waals surface area (Å²) in [6.07, 6.45) is 0.797. The van der Waals surface area contributed by atoms with Gasteiger partial charge >= 0.3 is 0 Å². The number of halogens is 1. The van der Waals surface area contributed by atoms with Crippen LogP contribution in [0.5, 0.6) is 0 Å². The molecule has 0 saturated carbocycles. The molecule has 0 aliphatic heterocycles. The number of rotatable bonds is 4. The summed E-state index contributed by atoms with van der Waals surface area (Å²) in [6, 6.07) is 9.90. The van der Waals surface area contributed by atoms with Crippen LogP contribution in [0.15, 0.2) is 24.3 Å². The predicted molar refractivity (Wildman–Crippen MR) is 62.7 cm³/mol. The number of hydrogen-bond acceptors (Lipinski definition) is 2. The molecule has 0 amide bonds. The van der Waals surface area contributed by atoms with Crippen molar-refractivity contribution in [2.45, 2.75) is 32.4 Å². The molecule has 0 fully saturated rings. The summed E-state index contributed by atoms with van der Waals surface area (Å²) in [5.41, 5.74) is 1.04. The van der Waals surface area contributed by atoms with E-state index in [0.717, 1.165) is 17.0 Å². The van der Waals surface area contributed by atoms with E-state index in [1.54, 1.807) is 0 Å². The van der Waals surface area contributed by atoms with Gasteiger partial charge in [-0.05, 0) is 25.0 Å². The molecule has 0 heterocycles. The molecule has 2 nitrogen and oxygen atoms in total. The van der Waals surface area contributed by atoms with Crippen LogP contribution in [-0.4, -0.2) is 6.04 Å². The Morgan fingerprint density at radius 2 is 2.13 bits per heavy atom. The quantitative estimate of drug-likeness (QED) is 0.849. The lowest BCUT2D eigenvalue weighted by molar-refractivity contribution is 0.509. The second-order valence-corrected chi connectivity index (χ2v) is 3.91. The molecule has 15 heavy (non-hydrogen) atoms. The maximum absolute atomic E-state index is 8.85. The Kier molecular flexibility index (Phi) is 4.61. The predicted octanol–water partition coefficient (Wildman–Crippen LogP) is 3.29. The fourth-order valence-corrected chi connectivity index (χ4v) is 1.76. The molecule has 3 heteroatoms. The molecule has 0 radical (unpaired) electrons. The Hall–Kier alpha value is -1.04. The smallest absolute Gasteiger partial charge is 0.0954 e. The van der Waals surface area contributed by atoms with Crippen LogP contribution in [0.1, 0.15) is 31.9 Å². The van der Waals surface area contributed by atoms with Gasteiger partial charge in [0.15, 0.2) is 0 Å². The molecule has 1 unspecified atom stereocenters. The van der Waals surface area contributed by atoms with E-state index in [1.807, 2.05) is 38.1 Å². The summed E-state index contributed by atoms with van der Waals surface area (Å²) < 4.78 is 0. The van der Waals surface area contributed by atoms with Crippen molar-refractivity contribution in [1.82, 2.24) is 5.32 Å². The van der Waals surface area contributed by atoms with Crippen molar-refractivity contribution in [2.24, 2.45) is 0 Å². The second-order valence-electron chi connectivity index (χ2n) is 3.50. The summed E-state index contributed by atoms with van der Waals surface area (Å²) >= 11 is 6.07. The van der Waals surface area contributed by atoms with Gasteiger partial charge in [-0.3, -0.25) is 5.32 Å². The van der Waals surface area contributed by atoms with E-state index >= 15 is 0 Å². The van der Waals surface area contributed by atoms with E-state index in [4.69, 9.17) is 16.9 Å². The van der Waals surface area contributed by atoms with E-state index in [1.165, 1.54) is 0 Å². The van der Waals surface area contributed by atoms with Gasteiger partial charge in [0.1, 0.15) is 0 Å². The van der Waals surface area contributed by atoms with Gasteiger partial charge in [0.25, 0.3) is 0 Å². The maximum Gasteiger partial charge on any atom is 0.0954 e. The lowest BCUT2D eigenvalue weighted by Crippen LogP contribution is -2.29. The minimum atomic E-state index is -0.115. The van der Waals surface area contributed by atoms with E-state index in [2.05, 4.69) is 11.4 Å². The molecule has 0 aliphatic rings. The van der Waals surface area contributed by atoms with Crippen LogP contribution in [0.2, 0.25) is 5.02 Å². The highest BCUT2D eigenvalue weighted by molar-refractivity contribution is 6.31. The number of hydrogen-bond donors (Lipinski definition) is 1. The highest BCUT2D eigenvalue weighted by Gasteiger charge is 2.12. The Bertz CT molecular complexity index is 357. The molecule has 1 aromatic rings. The van der Waals surface area contributed by atoms with Crippen molar-refractivity contribution < 1.29 is 0 Å². The molecule has 0 spiro atoms. The van der Waals surface area contributed by atoms with Gasteiger partial charge in [-0.25, -0.2) is 0 Å². The third-order valence-electron chi connectivity index (χ3n) is 2.39. The van der Waals surface area contributed by atoms with Gasteiger partial charge in [-0.2, -0.15) is 5.26 Å². The van der Waals surface area contributed by atoms with Crippen LogP contribution in [0.4, 0.5) is 0 Å². The summed E-state index contributed by atoms with van der Waals surface area (Å²) in [6.45, 7) is 4.00. The molecule has 0 saturated heterocycles. The molecular weight excluding hydrogens is 208 g/mol. The van der Waals surface area contributed by atoms with E-state index in [9.17, 15) is 0 Å². The molecule has 1 rings (SSSR count). The summed E-state index contributed by atoms with van der Waals surface area (Å²) in [4.78, 5) is 0. The molecule has 2 atom stereocenters. The zero-order valence-electron chi connectivity index (χ0n) is 9.00. The minimum Gasteiger partial charge on any atom is -0.295 e. The van der Waals surface area contributed by atoms with Crippen LogP contribution in [0.25, 0.3) is 0 Å². The van der Waals surface area contributed by atoms with Crippen molar-refractivity contribution >= 4 is 11.6 Å². The van der Waals surface area contributed by atoms with Gasteiger partial charge in [-0.15, -0.1) is 0 Å². The average molecular weight is 223 g/mol. The fraction of sp³-hybridized carbons (Fsp3) is 0.417. The third kappa shape index (κ3) is 3.23. The van der Waals surface area contributed by atoms with Crippen molar-refractivity contribution in [3.63, 3.8) is 0 Å². The lowest BCUT2D eigenvalue weighted by atomic mass is 10.1. The molecule has 1 aromatic carbocycles. The zero-order valence-corrected chi connectivity index (χ0v) is 9.75. The topological polar surface area (TPSA) is 35.8 Å². The average Bonchev–Trinajstić information content (AvgIpc) is 2.26. The lowest BCUT2D eigenvalue weighted by Gasteiger charge is -2.18. The Morgan fingerprint density at radius 3 is 2.67 bits per heavy atom. The largest absolute Gasteiger partial charge is 0.295 e. The molecule has 1 N–H and O–H groups in total. The van der Waals surface area contributed by atoms with E-state index in [-0.39, 0.29) is 12.1 Å². The first-order valence-electron chi connectivity index (χ1n) is 5.09. The Balaban J connectivity index is 2.73. The van der Waals surface area contributed by atoms with Gasteiger partial charge in [0.05, 0.1) is 12.1 Å². The molecule has 0 aromatic heterocycles. The minimum absolute atomic E-state index is 0.100. The van der Waals surface area contributed by atoms with Crippen LogP contribution >= 0.6 is 11.6 Å². The first-order valence-corrected chi connectivity index (χ1v) is 5.47. The van der Waals surface area contributed by atoms with Crippen LogP contribution in [0, 0.1) is 11.3 Å². The Labute approximate surface area is 95.9 Å². The normalized spacial score (nSPS) is 14.3. The third-order valence-corrected chi connectivity index (χ3v) is 2.73. The van der Waals surface area contributed by atoms with Crippen molar-refractivity contribution in [1.29, 1.82) is 5.26 Å². The highest BCUT2D eigenvalue weighted by Crippen LogP contribution is 2.22. The first kappa shape index (κ1) is 12.0. The second kappa shape index (κ2) is 5.75. The summed E-state index contributed by atoms with van der Waals surface area (Å²) in [5.74, 6) is 0. The molecule has 0 bridgehead atoms. The van der Waals surface area contributed by atoms with Gasteiger partial charge in [0.2, 0.25) is 0 Å². The maximum atomic E-state index is 8.85. The number of nitrogens with one attached hydrogen (secondary N) is 1. The van der Waals surface area contributed by atoms with Crippen LogP contribution < -0.4 is 5.32 Å². The van der Waals surface area contributed by atoms with Crippen LogP contribution in [0.3, 0.4) is 0 Å². The van der Waals surface area contributed by atoms with Gasteiger partial charge in [-0.1, -0.05) is 36.7 Å². The van der Waals surface area contributed by atoms with Gasteiger partial charge < -0.3 is 0 Å². The highest BCUT2D eigenvalue weighted by atomic mass is 35.5.